The molecule has 0 fully saturated rings. The number of hydrogen-bond acceptors (Lipinski definition) is 4. The second kappa shape index (κ2) is 6.60. The summed E-state index contributed by atoms with van der Waals surface area (Å²) in [5.74, 6) is -0.318. The lowest BCUT2D eigenvalue weighted by atomic mass is 10.2. The predicted molar refractivity (Wildman–Crippen MR) is 93.6 cm³/mol. The van der Waals surface area contributed by atoms with Crippen molar-refractivity contribution in [1.82, 2.24) is 9.78 Å². The van der Waals surface area contributed by atoms with Crippen molar-refractivity contribution in [2.24, 2.45) is 7.05 Å². The molecule has 7 heteroatoms. The predicted octanol–water partition coefficient (Wildman–Crippen LogP) is 2.16. The van der Waals surface area contributed by atoms with E-state index in [0.717, 1.165) is 11.9 Å². The van der Waals surface area contributed by atoms with Crippen LogP contribution in [0.4, 0.5) is 5.69 Å². The highest BCUT2D eigenvalue weighted by molar-refractivity contribution is 7.90. The first-order valence-corrected chi connectivity index (χ1v) is 9.26. The molecule has 2 aromatic rings. The number of benzene rings is 1. The van der Waals surface area contributed by atoms with Crippen LogP contribution in [0.3, 0.4) is 0 Å². The third-order valence-corrected chi connectivity index (χ3v) is 5.05. The normalized spacial score (nSPS) is 11.3. The third-order valence-electron chi connectivity index (χ3n) is 3.81. The van der Waals surface area contributed by atoms with Gasteiger partial charge >= 0.3 is 0 Å². The van der Waals surface area contributed by atoms with Crippen molar-refractivity contribution in [2.75, 3.05) is 11.2 Å². The van der Waals surface area contributed by atoms with E-state index < -0.39 is 9.84 Å². The summed E-state index contributed by atoms with van der Waals surface area (Å²) in [6.07, 6.45) is 2.36. The molecule has 0 saturated heterocycles. The van der Waals surface area contributed by atoms with Crippen LogP contribution in [0.2, 0.25) is 0 Å². The molecule has 1 aromatic carbocycles. The molecule has 1 amide bonds. The van der Waals surface area contributed by atoms with Crippen LogP contribution in [0.25, 0.3) is 0 Å². The topological polar surface area (TPSA) is 72.3 Å². The van der Waals surface area contributed by atoms with Gasteiger partial charge in [-0.2, -0.15) is 5.10 Å². The summed E-state index contributed by atoms with van der Waals surface area (Å²) in [6.45, 7) is 7.40. The quantitative estimate of drug-likeness (QED) is 0.777. The minimum Gasteiger partial charge on any atom is -0.303 e. The fourth-order valence-electron chi connectivity index (χ4n) is 2.44. The number of hydrogen-bond donors (Lipinski definition) is 0. The van der Waals surface area contributed by atoms with Crippen molar-refractivity contribution in [3.63, 3.8) is 0 Å². The Morgan fingerprint density at radius 3 is 2.50 bits per heavy atom. The zero-order valence-electron chi connectivity index (χ0n) is 14.3. The van der Waals surface area contributed by atoms with Crippen LogP contribution in [0.15, 0.2) is 41.8 Å². The lowest BCUT2D eigenvalue weighted by Gasteiger charge is -2.21. The Labute approximate surface area is 142 Å². The van der Waals surface area contributed by atoms with Crippen molar-refractivity contribution < 1.29 is 13.2 Å². The van der Waals surface area contributed by atoms with Gasteiger partial charge in [0.25, 0.3) is 5.91 Å². The van der Waals surface area contributed by atoms with E-state index in [1.165, 1.54) is 17.0 Å². The average molecular weight is 347 g/mol. The number of aryl methyl sites for hydroxylation is 3. The second-order valence-corrected chi connectivity index (χ2v) is 7.74. The second-order valence-electron chi connectivity index (χ2n) is 5.75. The van der Waals surface area contributed by atoms with Crippen molar-refractivity contribution in [1.29, 1.82) is 0 Å². The molecule has 6 nitrogen and oxygen atoms in total. The molecular formula is C17H21N3O3S. The highest BCUT2D eigenvalue weighted by atomic mass is 32.2. The molecule has 0 radical (unpaired) electrons. The molecule has 1 heterocycles. The van der Waals surface area contributed by atoms with E-state index in [1.54, 1.807) is 23.7 Å². The van der Waals surface area contributed by atoms with Gasteiger partial charge in [0.1, 0.15) is 0 Å². The molecule has 0 bridgehead atoms. The van der Waals surface area contributed by atoms with Crippen molar-refractivity contribution >= 4 is 21.4 Å². The molecule has 24 heavy (non-hydrogen) atoms. The molecule has 0 unspecified atom stereocenters. The summed E-state index contributed by atoms with van der Waals surface area (Å²) >= 11 is 0. The Bertz CT molecular complexity index is 878. The average Bonchev–Trinajstić information content (AvgIpc) is 2.82. The Hall–Kier alpha value is -2.41. The minimum absolute atomic E-state index is 0.207. The fourth-order valence-corrected chi connectivity index (χ4v) is 3.42. The van der Waals surface area contributed by atoms with Gasteiger partial charge in [-0.3, -0.25) is 9.48 Å². The number of sulfone groups is 1. The van der Waals surface area contributed by atoms with Gasteiger partial charge in [-0.25, -0.2) is 8.42 Å². The fraction of sp³-hybridized carbons (Fsp3) is 0.294. The zero-order valence-corrected chi connectivity index (χ0v) is 15.1. The standard InChI is InChI=1S/C17H21N3O3S/c1-6-17(21)20(11-14-9-13(3)19(4)18-14)15-8-7-12(2)16(10-15)24(5,22)23/h6-10H,1,11H2,2-5H3. The molecule has 2 rings (SSSR count). The molecule has 1 aromatic heterocycles. The van der Waals surface area contributed by atoms with E-state index in [2.05, 4.69) is 11.7 Å². The lowest BCUT2D eigenvalue weighted by Crippen LogP contribution is -2.29. The van der Waals surface area contributed by atoms with E-state index in [1.807, 2.05) is 20.0 Å². The van der Waals surface area contributed by atoms with Crippen LogP contribution >= 0.6 is 0 Å². The van der Waals surface area contributed by atoms with Crippen LogP contribution in [-0.2, 0) is 28.2 Å². The number of aromatic nitrogens is 2. The van der Waals surface area contributed by atoms with Crippen molar-refractivity contribution in [3.8, 4) is 0 Å². The van der Waals surface area contributed by atoms with Crippen LogP contribution in [0.5, 0.6) is 0 Å². The minimum atomic E-state index is -3.38. The number of anilines is 1. The summed E-state index contributed by atoms with van der Waals surface area (Å²) < 4.78 is 25.6. The van der Waals surface area contributed by atoms with Crippen LogP contribution in [-0.4, -0.2) is 30.4 Å². The highest BCUT2D eigenvalue weighted by Crippen LogP contribution is 2.24. The van der Waals surface area contributed by atoms with Crippen molar-refractivity contribution in [3.05, 3.63) is 53.9 Å². The van der Waals surface area contributed by atoms with Gasteiger partial charge in [0.2, 0.25) is 0 Å². The maximum Gasteiger partial charge on any atom is 0.250 e. The van der Waals surface area contributed by atoms with Gasteiger partial charge in [0.15, 0.2) is 9.84 Å². The van der Waals surface area contributed by atoms with E-state index in [4.69, 9.17) is 0 Å². The van der Waals surface area contributed by atoms with Gasteiger partial charge in [-0.05, 0) is 43.7 Å². The molecule has 0 saturated carbocycles. The number of carbonyl (C=O) groups is 1. The smallest absolute Gasteiger partial charge is 0.250 e. The van der Waals surface area contributed by atoms with Crippen LogP contribution < -0.4 is 4.90 Å². The Morgan fingerprint density at radius 2 is 2.00 bits per heavy atom. The van der Waals surface area contributed by atoms with E-state index in [-0.39, 0.29) is 17.3 Å². The molecule has 0 aliphatic carbocycles. The zero-order chi connectivity index (χ0) is 18.1. The third kappa shape index (κ3) is 3.73. The number of nitrogens with zero attached hydrogens (tertiary/aromatic N) is 3. The van der Waals surface area contributed by atoms with E-state index >= 15 is 0 Å². The van der Waals surface area contributed by atoms with Gasteiger partial charge in [0, 0.05) is 24.7 Å². The molecule has 0 aliphatic rings. The summed E-state index contributed by atoms with van der Waals surface area (Å²) in [5.41, 5.74) is 2.82. The number of carbonyl (C=O) groups excluding carboxylic acids is 1. The first-order valence-electron chi connectivity index (χ1n) is 7.37. The molecular weight excluding hydrogens is 326 g/mol. The summed E-state index contributed by atoms with van der Waals surface area (Å²) in [5, 5.41) is 4.35. The van der Waals surface area contributed by atoms with Crippen LogP contribution in [0.1, 0.15) is 17.0 Å². The Morgan fingerprint density at radius 1 is 1.33 bits per heavy atom. The molecule has 0 N–H and O–H groups in total. The van der Waals surface area contributed by atoms with Gasteiger partial charge in [-0.1, -0.05) is 12.6 Å². The highest BCUT2D eigenvalue weighted by Gasteiger charge is 2.19. The summed E-state index contributed by atoms with van der Waals surface area (Å²) in [7, 11) is -1.56. The molecule has 0 aliphatic heterocycles. The summed E-state index contributed by atoms with van der Waals surface area (Å²) in [4.78, 5) is 13.9. The Kier molecular flexibility index (Phi) is 4.94. The molecule has 128 valence electrons. The molecule has 0 spiro atoms. The maximum atomic E-state index is 12.3. The van der Waals surface area contributed by atoms with Gasteiger partial charge < -0.3 is 4.90 Å². The largest absolute Gasteiger partial charge is 0.303 e. The lowest BCUT2D eigenvalue weighted by molar-refractivity contribution is -0.114. The van der Waals surface area contributed by atoms with Gasteiger partial charge in [-0.15, -0.1) is 0 Å². The summed E-state index contributed by atoms with van der Waals surface area (Å²) in [6, 6.07) is 6.82. The van der Waals surface area contributed by atoms with Crippen LogP contribution in [0, 0.1) is 13.8 Å². The van der Waals surface area contributed by atoms with E-state index in [0.29, 0.717) is 16.9 Å². The van der Waals surface area contributed by atoms with E-state index in [9.17, 15) is 13.2 Å². The van der Waals surface area contributed by atoms with Gasteiger partial charge in [0.05, 0.1) is 17.1 Å². The first-order chi connectivity index (χ1) is 11.1. The first kappa shape index (κ1) is 17.9. The molecule has 0 atom stereocenters. The Balaban J connectivity index is 2.49. The van der Waals surface area contributed by atoms with Crippen molar-refractivity contribution in [2.45, 2.75) is 25.3 Å². The SMILES string of the molecule is C=CC(=O)N(Cc1cc(C)n(C)n1)c1ccc(C)c(S(C)(=O)=O)c1. The number of amides is 1. The number of rotatable bonds is 5. The maximum absolute atomic E-state index is 12.3. The monoisotopic (exact) mass is 347 g/mol.